The normalized spacial score (nSPS) is 12.4. The predicted molar refractivity (Wildman–Crippen MR) is 81.0 cm³/mol. The van der Waals surface area contributed by atoms with E-state index in [4.69, 9.17) is 15.2 Å². The zero-order valence-corrected chi connectivity index (χ0v) is 11.7. The first-order valence-corrected chi connectivity index (χ1v) is 6.68. The van der Waals surface area contributed by atoms with Gasteiger partial charge in [-0.05, 0) is 35.9 Å². The zero-order chi connectivity index (χ0) is 14.8. The minimum atomic E-state index is -0.242. The molecule has 0 saturated heterocycles. The highest BCUT2D eigenvalue weighted by molar-refractivity contribution is 6.07. The van der Waals surface area contributed by atoms with Crippen molar-refractivity contribution in [2.75, 3.05) is 24.8 Å². The maximum absolute atomic E-state index is 12.3. The zero-order valence-electron chi connectivity index (χ0n) is 11.7. The Morgan fingerprint density at radius 2 is 2.14 bits per heavy atom. The Morgan fingerprint density at radius 1 is 1.29 bits per heavy atom. The molecule has 3 rings (SSSR count). The first kappa shape index (κ1) is 13.3. The van der Waals surface area contributed by atoms with Crippen molar-refractivity contribution in [2.45, 2.75) is 6.42 Å². The molecule has 108 valence electrons. The van der Waals surface area contributed by atoms with Crippen molar-refractivity contribution in [3.63, 3.8) is 0 Å². The first-order chi connectivity index (χ1) is 10.2. The number of ether oxygens (including phenoxy) is 2. The van der Waals surface area contributed by atoms with Crippen LogP contribution in [0.4, 0.5) is 11.4 Å². The highest BCUT2D eigenvalue weighted by Crippen LogP contribution is 2.28. The van der Waals surface area contributed by atoms with Gasteiger partial charge in [-0.15, -0.1) is 0 Å². The van der Waals surface area contributed by atoms with Crippen LogP contribution >= 0.6 is 0 Å². The molecule has 2 aromatic carbocycles. The molecule has 1 aliphatic heterocycles. The van der Waals surface area contributed by atoms with Gasteiger partial charge in [0, 0.05) is 23.9 Å². The molecule has 0 atom stereocenters. The molecule has 0 spiro atoms. The molecule has 5 nitrogen and oxygen atoms in total. The fraction of sp³-hybridized carbons (Fsp3) is 0.188. The molecule has 1 heterocycles. The third kappa shape index (κ3) is 2.63. The second-order valence-electron chi connectivity index (χ2n) is 4.83. The van der Waals surface area contributed by atoms with Crippen LogP contribution in [0, 0.1) is 0 Å². The van der Waals surface area contributed by atoms with E-state index in [2.05, 4.69) is 5.32 Å². The van der Waals surface area contributed by atoms with Gasteiger partial charge in [0.05, 0.1) is 19.3 Å². The van der Waals surface area contributed by atoms with Crippen LogP contribution in [0.15, 0.2) is 36.4 Å². The summed E-state index contributed by atoms with van der Waals surface area (Å²) in [6.07, 6.45) is 0.865. The summed E-state index contributed by atoms with van der Waals surface area (Å²) < 4.78 is 10.5. The van der Waals surface area contributed by atoms with Crippen molar-refractivity contribution in [2.24, 2.45) is 0 Å². The van der Waals surface area contributed by atoms with Crippen LogP contribution in [0.2, 0.25) is 0 Å². The van der Waals surface area contributed by atoms with Gasteiger partial charge in [-0.1, -0.05) is 0 Å². The lowest BCUT2D eigenvalue weighted by molar-refractivity contribution is 0.102. The molecule has 0 aliphatic carbocycles. The number of methoxy groups -OCH3 is 1. The Morgan fingerprint density at radius 3 is 2.90 bits per heavy atom. The monoisotopic (exact) mass is 284 g/mol. The van der Waals surface area contributed by atoms with Gasteiger partial charge in [-0.25, -0.2) is 0 Å². The molecule has 0 radical (unpaired) electrons. The maximum Gasteiger partial charge on any atom is 0.257 e. The average Bonchev–Trinajstić information content (AvgIpc) is 2.94. The highest BCUT2D eigenvalue weighted by Gasteiger charge is 2.15. The molecule has 0 fully saturated rings. The summed E-state index contributed by atoms with van der Waals surface area (Å²) in [5.74, 6) is 1.27. The Balaban J connectivity index is 1.80. The van der Waals surface area contributed by atoms with Crippen molar-refractivity contribution in [3.05, 3.63) is 47.5 Å². The second kappa shape index (κ2) is 5.36. The third-order valence-corrected chi connectivity index (χ3v) is 3.45. The topological polar surface area (TPSA) is 73.6 Å². The summed E-state index contributed by atoms with van der Waals surface area (Å²) in [5, 5.41) is 2.85. The summed E-state index contributed by atoms with van der Waals surface area (Å²) in [5.41, 5.74) is 8.53. The van der Waals surface area contributed by atoms with E-state index < -0.39 is 0 Å². The molecule has 1 aliphatic rings. The largest absolute Gasteiger partial charge is 0.497 e. The van der Waals surface area contributed by atoms with Gasteiger partial charge in [-0.2, -0.15) is 0 Å². The average molecular weight is 284 g/mol. The molecule has 0 bridgehead atoms. The fourth-order valence-corrected chi connectivity index (χ4v) is 2.34. The van der Waals surface area contributed by atoms with Crippen molar-refractivity contribution in [1.29, 1.82) is 0 Å². The number of carbonyl (C=O) groups is 1. The number of carbonyl (C=O) groups excluding carboxylic acids is 1. The lowest BCUT2D eigenvalue weighted by Crippen LogP contribution is -2.14. The molecular weight excluding hydrogens is 268 g/mol. The van der Waals surface area contributed by atoms with Crippen LogP contribution in [0.1, 0.15) is 15.9 Å². The first-order valence-electron chi connectivity index (χ1n) is 6.68. The fourth-order valence-electron chi connectivity index (χ4n) is 2.34. The van der Waals surface area contributed by atoms with E-state index in [1.807, 2.05) is 18.2 Å². The lowest BCUT2D eigenvalue weighted by atomic mass is 10.1. The summed E-state index contributed by atoms with van der Waals surface area (Å²) in [4.78, 5) is 12.3. The lowest BCUT2D eigenvalue weighted by Gasteiger charge is -2.10. The summed E-state index contributed by atoms with van der Waals surface area (Å²) in [6.45, 7) is 0.693. The van der Waals surface area contributed by atoms with Crippen molar-refractivity contribution in [1.82, 2.24) is 0 Å². The molecule has 0 unspecified atom stereocenters. The number of fused-ring (bicyclic) bond motifs is 1. The summed E-state index contributed by atoms with van der Waals surface area (Å²) in [7, 11) is 1.56. The molecule has 3 N–H and O–H groups in total. The number of amides is 1. The number of hydrogen-bond acceptors (Lipinski definition) is 4. The van der Waals surface area contributed by atoms with Gasteiger partial charge >= 0.3 is 0 Å². The minimum absolute atomic E-state index is 0.242. The van der Waals surface area contributed by atoms with Gasteiger partial charge in [-0.3, -0.25) is 4.79 Å². The molecule has 21 heavy (non-hydrogen) atoms. The van der Waals surface area contributed by atoms with Gasteiger partial charge < -0.3 is 20.5 Å². The number of benzene rings is 2. The van der Waals surface area contributed by atoms with Gasteiger partial charge in [0.15, 0.2) is 0 Å². The molecule has 0 saturated carbocycles. The Kier molecular flexibility index (Phi) is 3.39. The Labute approximate surface area is 122 Å². The van der Waals surface area contributed by atoms with E-state index in [1.54, 1.807) is 25.3 Å². The number of hydrogen-bond donors (Lipinski definition) is 2. The third-order valence-electron chi connectivity index (χ3n) is 3.45. The second-order valence-corrected chi connectivity index (χ2v) is 4.83. The molecule has 1 amide bonds. The number of rotatable bonds is 3. The molecule has 5 heteroatoms. The van der Waals surface area contributed by atoms with E-state index in [1.165, 1.54) is 0 Å². The quantitative estimate of drug-likeness (QED) is 0.849. The molecular formula is C16H16N2O3. The SMILES string of the molecule is COc1ccc(C(=O)Nc2ccc3c(c2)CCO3)c(N)c1. The summed E-state index contributed by atoms with van der Waals surface area (Å²) >= 11 is 0. The number of nitrogen functional groups attached to an aromatic ring is 1. The smallest absolute Gasteiger partial charge is 0.257 e. The van der Waals surface area contributed by atoms with Crippen molar-refractivity contribution in [3.8, 4) is 11.5 Å². The van der Waals surface area contributed by atoms with E-state index in [0.717, 1.165) is 23.4 Å². The highest BCUT2D eigenvalue weighted by atomic mass is 16.5. The van der Waals surface area contributed by atoms with Crippen LogP contribution in [-0.4, -0.2) is 19.6 Å². The van der Waals surface area contributed by atoms with E-state index in [-0.39, 0.29) is 5.91 Å². The Bertz CT molecular complexity index is 698. The predicted octanol–water partition coefficient (Wildman–Crippen LogP) is 2.46. The Hall–Kier alpha value is -2.69. The van der Waals surface area contributed by atoms with Gasteiger partial charge in [0.2, 0.25) is 0 Å². The van der Waals surface area contributed by atoms with Crippen molar-refractivity contribution >= 4 is 17.3 Å². The number of anilines is 2. The molecule has 2 aromatic rings. The number of nitrogens with one attached hydrogen (secondary N) is 1. The van der Waals surface area contributed by atoms with Crippen LogP contribution in [0.5, 0.6) is 11.5 Å². The van der Waals surface area contributed by atoms with E-state index in [0.29, 0.717) is 23.6 Å². The van der Waals surface area contributed by atoms with Crippen LogP contribution < -0.4 is 20.5 Å². The van der Waals surface area contributed by atoms with Crippen LogP contribution in [0.3, 0.4) is 0 Å². The van der Waals surface area contributed by atoms with Gasteiger partial charge in [0.1, 0.15) is 11.5 Å². The van der Waals surface area contributed by atoms with E-state index in [9.17, 15) is 4.79 Å². The maximum atomic E-state index is 12.3. The standard InChI is InChI=1S/C16H16N2O3/c1-20-12-3-4-13(14(17)9-12)16(19)18-11-2-5-15-10(8-11)6-7-21-15/h2-5,8-9H,6-7,17H2,1H3,(H,18,19). The number of nitrogens with two attached hydrogens (primary N) is 1. The van der Waals surface area contributed by atoms with Crippen molar-refractivity contribution < 1.29 is 14.3 Å². The molecule has 0 aromatic heterocycles. The summed E-state index contributed by atoms with van der Waals surface area (Å²) in [6, 6.07) is 10.6. The van der Waals surface area contributed by atoms with Gasteiger partial charge in [0.25, 0.3) is 5.91 Å². The van der Waals surface area contributed by atoms with Crippen LogP contribution in [0.25, 0.3) is 0 Å². The van der Waals surface area contributed by atoms with E-state index >= 15 is 0 Å². The van der Waals surface area contributed by atoms with Crippen LogP contribution in [-0.2, 0) is 6.42 Å². The minimum Gasteiger partial charge on any atom is -0.497 e.